The zero-order chi connectivity index (χ0) is 21.0. The Hall–Kier alpha value is -3.41. The maximum Gasteiger partial charge on any atom is 0.222 e. The minimum atomic E-state index is 0.280. The van der Waals surface area contributed by atoms with E-state index < -0.39 is 0 Å². The number of likely N-dealkylation sites (tertiary alicyclic amines) is 1. The van der Waals surface area contributed by atoms with Crippen molar-refractivity contribution in [3.63, 3.8) is 0 Å². The van der Waals surface area contributed by atoms with Crippen LogP contribution in [0.1, 0.15) is 24.8 Å². The number of fused-ring (bicyclic) bond motifs is 1. The molecule has 0 unspecified atom stereocenters. The van der Waals surface area contributed by atoms with Gasteiger partial charge in [-0.2, -0.15) is 5.10 Å². The van der Waals surface area contributed by atoms with Crippen molar-refractivity contribution in [2.75, 3.05) is 13.1 Å². The molecule has 1 amide bonds. The zero-order valence-corrected chi connectivity index (χ0v) is 17.6. The lowest BCUT2D eigenvalue weighted by Gasteiger charge is -2.32. The van der Waals surface area contributed by atoms with E-state index in [0.29, 0.717) is 12.3 Å². The number of nitrogens with zero attached hydrogens (tertiary/aromatic N) is 4. The number of H-pyrrole nitrogens is 1. The van der Waals surface area contributed by atoms with Crippen molar-refractivity contribution in [3.8, 4) is 11.1 Å². The van der Waals surface area contributed by atoms with Crippen LogP contribution in [-0.4, -0.2) is 43.6 Å². The van der Waals surface area contributed by atoms with Crippen LogP contribution < -0.4 is 0 Å². The second-order valence-electron chi connectivity index (χ2n) is 8.40. The molecule has 1 aliphatic heterocycles. The summed E-state index contributed by atoms with van der Waals surface area (Å²) in [5.74, 6) is 0.853. The molecule has 3 aromatic heterocycles. The van der Waals surface area contributed by atoms with Crippen LogP contribution in [-0.2, 0) is 17.8 Å². The number of nitrogens with one attached hydrogen (secondary N) is 1. The molecule has 4 aromatic rings. The molecule has 0 atom stereocenters. The molecule has 1 aliphatic rings. The van der Waals surface area contributed by atoms with Crippen LogP contribution in [0.25, 0.3) is 22.2 Å². The molecule has 5 rings (SSSR count). The molecule has 158 valence electrons. The van der Waals surface area contributed by atoms with E-state index in [1.165, 1.54) is 5.56 Å². The van der Waals surface area contributed by atoms with Crippen LogP contribution >= 0.6 is 0 Å². The molecular weight excluding hydrogens is 386 g/mol. The topological polar surface area (TPSA) is 66.8 Å². The van der Waals surface area contributed by atoms with Gasteiger partial charge in [-0.3, -0.25) is 9.89 Å². The second-order valence-corrected chi connectivity index (χ2v) is 8.40. The number of rotatable bonds is 6. The Morgan fingerprint density at radius 3 is 2.68 bits per heavy atom. The number of benzene rings is 1. The number of hydrogen-bond acceptors (Lipinski definition) is 3. The van der Waals surface area contributed by atoms with Crippen LogP contribution in [0, 0.1) is 5.92 Å². The first-order valence-corrected chi connectivity index (χ1v) is 11.0. The Morgan fingerprint density at radius 1 is 1.06 bits per heavy atom. The maximum atomic E-state index is 12.6. The minimum Gasteiger partial charge on any atom is -0.343 e. The SMILES string of the molecule is O=C(CCc1ccccc1)N1CCC(Cn2ccc3cc(-c4cn[nH]c4)cnc32)CC1. The smallest absolute Gasteiger partial charge is 0.222 e. The predicted molar refractivity (Wildman–Crippen MR) is 121 cm³/mol. The number of piperidine rings is 1. The van der Waals surface area contributed by atoms with Gasteiger partial charge in [0.25, 0.3) is 0 Å². The van der Waals surface area contributed by atoms with E-state index in [2.05, 4.69) is 45.2 Å². The fraction of sp³-hybridized carbons (Fsp3) is 0.320. The number of aryl methyl sites for hydroxylation is 1. The third-order valence-corrected chi connectivity index (χ3v) is 6.33. The highest BCUT2D eigenvalue weighted by molar-refractivity contribution is 5.81. The molecule has 0 bridgehead atoms. The van der Waals surface area contributed by atoms with E-state index in [1.54, 1.807) is 0 Å². The lowest BCUT2D eigenvalue weighted by Crippen LogP contribution is -2.39. The van der Waals surface area contributed by atoms with Crippen LogP contribution in [0.5, 0.6) is 0 Å². The van der Waals surface area contributed by atoms with Gasteiger partial charge in [-0.15, -0.1) is 0 Å². The first-order valence-electron chi connectivity index (χ1n) is 11.0. The van der Waals surface area contributed by atoms with Gasteiger partial charge in [0, 0.05) is 61.2 Å². The Morgan fingerprint density at radius 2 is 1.90 bits per heavy atom. The van der Waals surface area contributed by atoms with Gasteiger partial charge in [0.1, 0.15) is 5.65 Å². The number of aromatic amines is 1. The highest BCUT2D eigenvalue weighted by atomic mass is 16.2. The molecule has 1 fully saturated rings. The summed E-state index contributed by atoms with van der Waals surface area (Å²) in [4.78, 5) is 19.4. The normalized spacial score (nSPS) is 14.9. The van der Waals surface area contributed by atoms with Crippen molar-refractivity contribution >= 4 is 16.9 Å². The van der Waals surface area contributed by atoms with E-state index >= 15 is 0 Å². The number of pyridine rings is 1. The highest BCUT2D eigenvalue weighted by Gasteiger charge is 2.23. The average molecular weight is 414 g/mol. The van der Waals surface area contributed by atoms with Crippen LogP contribution in [0.3, 0.4) is 0 Å². The molecular formula is C25H27N5O. The molecule has 31 heavy (non-hydrogen) atoms. The van der Waals surface area contributed by atoms with Gasteiger partial charge in [0.15, 0.2) is 0 Å². The van der Waals surface area contributed by atoms with Gasteiger partial charge in [0.2, 0.25) is 5.91 Å². The molecule has 0 radical (unpaired) electrons. The fourth-order valence-corrected chi connectivity index (χ4v) is 4.49. The zero-order valence-electron chi connectivity index (χ0n) is 17.6. The van der Waals surface area contributed by atoms with E-state index in [9.17, 15) is 4.79 Å². The molecule has 0 saturated carbocycles. The summed E-state index contributed by atoms with van der Waals surface area (Å²) in [6.45, 7) is 2.67. The molecule has 6 heteroatoms. The van der Waals surface area contributed by atoms with E-state index in [-0.39, 0.29) is 5.91 Å². The molecule has 1 N–H and O–H groups in total. The Kier molecular flexibility index (Phi) is 5.52. The fourth-order valence-electron chi connectivity index (χ4n) is 4.49. The van der Waals surface area contributed by atoms with Crippen molar-refractivity contribution < 1.29 is 4.79 Å². The van der Waals surface area contributed by atoms with Gasteiger partial charge in [0.05, 0.1) is 6.20 Å². The monoisotopic (exact) mass is 413 g/mol. The lowest BCUT2D eigenvalue weighted by atomic mass is 9.96. The van der Waals surface area contributed by atoms with E-state index in [0.717, 1.165) is 61.1 Å². The van der Waals surface area contributed by atoms with Gasteiger partial charge < -0.3 is 9.47 Å². The third kappa shape index (κ3) is 4.38. The summed E-state index contributed by atoms with van der Waals surface area (Å²) in [6, 6.07) is 14.6. The second kappa shape index (κ2) is 8.76. The van der Waals surface area contributed by atoms with Gasteiger partial charge in [-0.1, -0.05) is 30.3 Å². The summed E-state index contributed by atoms with van der Waals surface area (Å²) in [6.07, 6.45) is 11.3. The molecule has 1 aromatic carbocycles. The van der Waals surface area contributed by atoms with Gasteiger partial charge >= 0.3 is 0 Å². The first-order chi connectivity index (χ1) is 15.3. The third-order valence-electron chi connectivity index (χ3n) is 6.33. The summed E-state index contributed by atoms with van der Waals surface area (Å²) >= 11 is 0. The van der Waals surface area contributed by atoms with E-state index in [1.807, 2.05) is 41.7 Å². The number of amides is 1. The van der Waals surface area contributed by atoms with Crippen molar-refractivity contribution in [2.45, 2.75) is 32.2 Å². The molecule has 0 spiro atoms. The van der Waals surface area contributed by atoms with Crippen molar-refractivity contribution in [3.05, 3.63) is 72.8 Å². The minimum absolute atomic E-state index is 0.280. The lowest BCUT2D eigenvalue weighted by molar-refractivity contribution is -0.132. The van der Waals surface area contributed by atoms with Crippen molar-refractivity contribution in [1.29, 1.82) is 0 Å². The highest BCUT2D eigenvalue weighted by Crippen LogP contribution is 2.25. The Labute approximate surface area is 181 Å². The van der Waals surface area contributed by atoms with Crippen LogP contribution in [0.15, 0.2) is 67.3 Å². The number of carbonyl (C=O) groups excluding carboxylic acids is 1. The molecule has 0 aliphatic carbocycles. The summed E-state index contributed by atoms with van der Waals surface area (Å²) in [7, 11) is 0. The first kappa shape index (κ1) is 19.5. The summed E-state index contributed by atoms with van der Waals surface area (Å²) in [5.41, 5.74) is 4.37. The average Bonchev–Trinajstić information content (AvgIpc) is 3.49. The predicted octanol–water partition coefficient (Wildman–Crippen LogP) is 4.30. The van der Waals surface area contributed by atoms with Gasteiger partial charge in [-0.25, -0.2) is 4.98 Å². The molecule has 4 heterocycles. The number of aromatic nitrogens is 4. The Bertz CT molecular complexity index is 1140. The van der Waals surface area contributed by atoms with Crippen molar-refractivity contribution in [1.82, 2.24) is 24.6 Å². The standard InChI is InChI=1S/C25H27N5O/c31-24(7-6-19-4-2-1-3-5-19)29-11-8-20(9-12-29)18-30-13-10-21-14-22(15-26-25(21)30)23-16-27-28-17-23/h1-5,10,13-17,20H,6-9,11-12,18H2,(H,27,28). The van der Waals surface area contributed by atoms with Crippen LogP contribution in [0.4, 0.5) is 0 Å². The summed E-state index contributed by atoms with van der Waals surface area (Å²) < 4.78 is 2.26. The van der Waals surface area contributed by atoms with Crippen molar-refractivity contribution in [2.24, 2.45) is 5.92 Å². The molecule has 1 saturated heterocycles. The largest absolute Gasteiger partial charge is 0.343 e. The summed E-state index contributed by atoms with van der Waals surface area (Å²) in [5, 5.41) is 8.02. The van der Waals surface area contributed by atoms with Crippen LogP contribution in [0.2, 0.25) is 0 Å². The maximum absolute atomic E-state index is 12.6. The number of hydrogen-bond donors (Lipinski definition) is 1. The van der Waals surface area contributed by atoms with Gasteiger partial charge in [-0.05, 0) is 42.9 Å². The Balaban J connectivity index is 1.16. The quantitative estimate of drug-likeness (QED) is 0.513. The molecule has 6 nitrogen and oxygen atoms in total. The number of carbonyl (C=O) groups is 1. The van der Waals surface area contributed by atoms with E-state index in [4.69, 9.17) is 4.98 Å².